The second kappa shape index (κ2) is 13.0. The predicted molar refractivity (Wildman–Crippen MR) is 167 cm³/mol. The number of halogens is 1. The quantitative estimate of drug-likeness (QED) is 0.226. The Hall–Kier alpha value is -4.24. The highest BCUT2D eigenvalue weighted by molar-refractivity contribution is 6.31. The Morgan fingerprint density at radius 2 is 1.95 bits per heavy atom. The van der Waals surface area contributed by atoms with Gasteiger partial charge in [-0.25, -0.2) is 15.1 Å². The van der Waals surface area contributed by atoms with Crippen LogP contribution in [0.3, 0.4) is 0 Å². The third kappa shape index (κ3) is 6.27. The Bertz CT molecular complexity index is 1670. The first kappa shape index (κ1) is 28.9. The molecular weight excluding hydrogens is 562 g/mol. The molecule has 10 heteroatoms. The summed E-state index contributed by atoms with van der Waals surface area (Å²) in [4.78, 5) is 34.2. The number of carbonyl (C=O) groups excluding carboxylic acids is 2. The zero-order valence-corrected chi connectivity index (χ0v) is 24.9. The van der Waals surface area contributed by atoms with Crippen molar-refractivity contribution in [2.24, 2.45) is 16.8 Å². The van der Waals surface area contributed by atoms with Crippen molar-refractivity contribution < 1.29 is 9.59 Å². The Morgan fingerprint density at radius 1 is 1.12 bits per heavy atom. The van der Waals surface area contributed by atoms with Crippen LogP contribution in [0.4, 0.5) is 0 Å². The average molecular weight is 596 g/mol. The van der Waals surface area contributed by atoms with Crippen LogP contribution in [-0.2, 0) is 29.0 Å². The zero-order chi connectivity index (χ0) is 29.8. The molecule has 1 N–H and O–H groups in total. The molecule has 2 aliphatic rings. The highest BCUT2D eigenvalue weighted by Gasteiger charge is 2.31. The van der Waals surface area contributed by atoms with Gasteiger partial charge in [-0.3, -0.25) is 4.79 Å². The molecule has 220 valence electrons. The molecule has 9 nitrogen and oxygen atoms in total. The number of aryl methyl sites for hydroxylation is 1. The minimum absolute atomic E-state index is 0.172. The van der Waals surface area contributed by atoms with Crippen molar-refractivity contribution in [3.8, 4) is 22.5 Å². The molecule has 0 unspecified atom stereocenters. The molecule has 1 fully saturated rings. The number of tetrazole rings is 1. The van der Waals surface area contributed by atoms with Gasteiger partial charge in [-0.05, 0) is 76.7 Å². The minimum Gasteiger partial charge on any atom is -0.327 e. The number of H-pyrrole nitrogens is 1. The van der Waals surface area contributed by atoms with Crippen molar-refractivity contribution in [3.63, 3.8) is 0 Å². The van der Waals surface area contributed by atoms with Gasteiger partial charge in [-0.15, -0.1) is 5.10 Å². The van der Waals surface area contributed by atoms with Gasteiger partial charge in [0.25, 0.3) is 0 Å². The van der Waals surface area contributed by atoms with Gasteiger partial charge in [0.2, 0.25) is 5.91 Å². The number of aliphatic imine (C=N–C) groups is 1. The number of carbonyl (C=O) groups is 2. The summed E-state index contributed by atoms with van der Waals surface area (Å²) in [6.07, 6.45) is 11.8. The van der Waals surface area contributed by atoms with Crippen molar-refractivity contribution >= 4 is 35.6 Å². The smallest absolute Gasteiger partial charge is 0.249 e. The SMILES string of the molecule is CCCCc1nc2c(n1Cc1ccc(-c3cc(Cl)ccc3-c3nnn[nH]3)cc1)CC(=NC(=O)[C@@H]1CCCC[C@@H]1C=O)C=C2. The first-order chi connectivity index (χ1) is 21.0. The molecule has 0 spiro atoms. The van der Waals surface area contributed by atoms with Crippen LogP contribution >= 0.6 is 11.6 Å². The van der Waals surface area contributed by atoms with Gasteiger partial charge in [0.15, 0.2) is 5.82 Å². The largest absolute Gasteiger partial charge is 0.327 e. The number of nitrogens with one attached hydrogen (secondary N) is 1. The summed E-state index contributed by atoms with van der Waals surface area (Å²) in [6, 6.07) is 14.1. The molecule has 2 aromatic heterocycles. The molecule has 4 aromatic rings. The lowest BCUT2D eigenvalue weighted by Gasteiger charge is -2.25. The topological polar surface area (TPSA) is 119 Å². The number of amides is 1. The summed E-state index contributed by atoms with van der Waals surface area (Å²) >= 11 is 6.36. The van der Waals surface area contributed by atoms with E-state index in [-0.39, 0.29) is 17.7 Å². The fraction of sp³-hybridized carbons (Fsp3) is 0.364. The van der Waals surface area contributed by atoms with Gasteiger partial charge in [0, 0.05) is 41.8 Å². The van der Waals surface area contributed by atoms with E-state index < -0.39 is 0 Å². The molecule has 0 saturated heterocycles. The number of aldehydes is 1. The second-order valence-electron chi connectivity index (χ2n) is 11.3. The van der Waals surface area contributed by atoms with Gasteiger partial charge in [0.05, 0.1) is 17.1 Å². The number of rotatable bonds is 9. The van der Waals surface area contributed by atoms with E-state index in [1.165, 1.54) is 0 Å². The second-order valence-corrected chi connectivity index (χ2v) is 11.8. The molecule has 0 bridgehead atoms. The van der Waals surface area contributed by atoms with Gasteiger partial charge in [-0.2, -0.15) is 0 Å². The number of unbranched alkanes of at least 4 members (excludes halogenated alkanes) is 1. The number of aromatic nitrogens is 6. The first-order valence-electron chi connectivity index (χ1n) is 15.0. The van der Waals surface area contributed by atoms with E-state index >= 15 is 0 Å². The third-order valence-electron chi connectivity index (χ3n) is 8.47. The summed E-state index contributed by atoms with van der Waals surface area (Å²) in [5.74, 6) is 0.914. The standard InChI is InChI=1S/C33H34ClN7O2/c1-2-3-8-31-36-29-16-14-25(35-33(43)26-7-5-4-6-23(26)20-42)18-30(29)41(31)19-21-9-11-22(12-10-21)28-17-24(34)13-15-27(28)32-37-39-40-38-32/h9-17,20,23,26H,2-8,18-19H2,1H3,(H,37,38,39,40)/t23-,26-/m1/s1. The Morgan fingerprint density at radius 3 is 2.72 bits per heavy atom. The lowest BCUT2D eigenvalue weighted by atomic mass is 9.79. The zero-order valence-electron chi connectivity index (χ0n) is 24.2. The number of nitrogens with zero attached hydrogens (tertiary/aromatic N) is 6. The monoisotopic (exact) mass is 595 g/mol. The minimum atomic E-state index is -0.308. The predicted octanol–water partition coefficient (Wildman–Crippen LogP) is 6.32. The molecule has 0 aliphatic heterocycles. The number of aromatic amines is 1. The van der Waals surface area contributed by atoms with Crippen molar-refractivity contribution in [1.82, 2.24) is 30.2 Å². The molecule has 2 aliphatic carbocycles. The number of hydrogen-bond donors (Lipinski definition) is 1. The fourth-order valence-corrected chi connectivity index (χ4v) is 6.31. The molecule has 43 heavy (non-hydrogen) atoms. The van der Waals surface area contributed by atoms with Crippen molar-refractivity contribution in [2.75, 3.05) is 0 Å². The van der Waals surface area contributed by atoms with E-state index in [1.54, 1.807) is 0 Å². The fourth-order valence-electron chi connectivity index (χ4n) is 6.13. The van der Waals surface area contributed by atoms with Crippen LogP contribution in [0.1, 0.15) is 68.2 Å². The molecule has 1 amide bonds. The van der Waals surface area contributed by atoms with E-state index in [9.17, 15) is 9.59 Å². The van der Waals surface area contributed by atoms with Gasteiger partial charge in [0.1, 0.15) is 12.1 Å². The summed E-state index contributed by atoms with van der Waals surface area (Å²) in [5.41, 5.74) is 6.66. The van der Waals surface area contributed by atoms with Crippen LogP contribution in [0.25, 0.3) is 28.6 Å². The number of benzene rings is 2. The van der Waals surface area contributed by atoms with Crippen LogP contribution in [-0.4, -0.2) is 48.1 Å². The van der Waals surface area contributed by atoms with Crippen LogP contribution in [0.2, 0.25) is 5.02 Å². The summed E-state index contributed by atoms with van der Waals surface area (Å²) in [5, 5.41) is 15.0. The van der Waals surface area contributed by atoms with Crippen molar-refractivity contribution in [3.05, 3.63) is 76.3 Å². The first-order valence-corrected chi connectivity index (χ1v) is 15.4. The average Bonchev–Trinajstić information content (AvgIpc) is 3.69. The van der Waals surface area contributed by atoms with Crippen LogP contribution in [0.5, 0.6) is 0 Å². The van der Waals surface area contributed by atoms with Crippen LogP contribution < -0.4 is 0 Å². The number of hydrogen-bond acceptors (Lipinski definition) is 6. The molecule has 2 atom stereocenters. The summed E-state index contributed by atoms with van der Waals surface area (Å²) in [7, 11) is 0. The van der Waals surface area contributed by atoms with E-state index in [2.05, 4.69) is 61.4 Å². The highest BCUT2D eigenvalue weighted by Crippen LogP contribution is 2.33. The maximum atomic E-state index is 13.1. The van der Waals surface area contributed by atoms with Crippen LogP contribution in [0, 0.1) is 11.8 Å². The number of fused-ring (bicyclic) bond motifs is 1. The number of imidazole rings is 1. The van der Waals surface area contributed by atoms with E-state index in [4.69, 9.17) is 16.6 Å². The van der Waals surface area contributed by atoms with E-state index in [1.807, 2.05) is 30.4 Å². The lowest BCUT2D eigenvalue weighted by Crippen LogP contribution is -2.28. The van der Waals surface area contributed by atoms with Gasteiger partial charge >= 0.3 is 0 Å². The molecule has 0 radical (unpaired) electrons. The molecular formula is C33H34ClN7O2. The molecule has 2 aromatic carbocycles. The maximum absolute atomic E-state index is 13.1. The molecule has 1 saturated carbocycles. The van der Waals surface area contributed by atoms with E-state index in [0.29, 0.717) is 23.8 Å². The Kier molecular flexibility index (Phi) is 8.69. The molecule has 6 rings (SSSR count). The Labute approximate surface area is 255 Å². The maximum Gasteiger partial charge on any atom is 0.249 e. The summed E-state index contributed by atoms with van der Waals surface area (Å²) in [6.45, 7) is 2.83. The highest BCUT2D eigenvalue weighted by atomic mass is 35.5. The lowest BCUT2D eigenvalue weighted by molar-refractivity contribution is -0.128. The number of allylic oxidation sites excluding steroid dienone is 1. The Balaban J connectivity index is 1.27. The van der Waals surface area contributed by atoms with Crippen LogP contribution in [0.15, 0.2) is 53.5 Å². The van der Waals surface area contributed by atoms with E-state index in [0.717, 1.165) is 96.4 Å². The van der Waals surface area contributed by atoms with Gasteiger partial charge in [-0.1, -0.05) is 62.1 Å². The third-order valence-corrected chi connectivity index (χ3v) is 8.71. The van der Waals surface area contributed by atoms with Gasteiger partial charge < -0.3 is 9.36 Å². The molecule has 2 heterocycles. The van der Waals surface area contributed by atoms with Crippen molar-refractivity contribution in [2.45, 2.75) is 64.8 Å². The van der Waals surface area contributed by atoms with Crippen molar-refractivity contribution in [1.29, 1.82) is 0 Å². The summed E-state index contributed by atoms with van der Waals surface area (Å²) < 4.78 is 2.28. The normalized spacial score (nSPS) is 19.0.